The molecule has 0 bridgehead atoms. The zero-order valence-corrected chi connectivity index (χ0v) is 18.8. The highest BCUT2D eigenvalue weighted by atomic mass is 16.5. The van der Waals surface area contributed by atoms with Crippen molar-refractivity contribution in [1.82, 2.24) is 0 Å². The van der Waals surface area contributed by atoms with Crippen molar-refractivity contribution in [2.75, 3.05) is 6.61 Å². The fraction of sp³-hybridized carbons (Fsp3) is 0.680. The number of carbonyl (C=O) groups excluding carboxylic acids is 3. The van der Waals surface area contributed by atoms with E-state index in [1.165, 1.54) is 12.5 Å². The van der Waals surface area contributed by atoms with Crippen LogP contribution in [0.25, 0.3) is 0 Å². The lowest BCUT2D eigenvalue weighted by Crippen LogP contribution is -2.59. The third-order valence-electron chi connectivity index (χ3n) is 9.23. The molecule has 0 amide bonds. The molecule has 31 heavy (non-hydrogen) atoms. The van der Waals surface area contributed by atoms with Gasteiger partial charge in [0.05, 0.1) is 0 Å². The van der Waals surface area contributed by atoms with Gasteiger partial charge in [-0.1, -0.05) is 25.5 Å². The summed E-state index contributed by atoms with van der Waals surface area (Å²) >= 11 is 0. The Kier molecular flexibility index (Phi) is 4.42. The van der Waals surface area contributed by atoms with Crippen molar-refractivity contribution < 1.29 is 23.9 Å². The number of esters is 1. The van der Waals surface area contributed by atoms with Crippen molar-refractivity contribution in [2.24, 2.45) is 33.6 Å². The summed E-state index contributed by atoms with van der Waals surface area (Å²) in [5.41, 5.74) is -0.143. The Morgan fingerprint density at radius 1 is 1.26 bits per heavy atom. The third kappa shape index (κ3) is 2.63. The molecule has 0 unspecified atom stereocenters. The van der Waals surface area contributed by atoms with Crippen LogP contribution in [-0.2, 0) is 23.9 Å². The van der Waals surface area contributed by atoms with Crippen LogP contribution in [0.15, 0.2) is 28.8 Å². The van der Waals surface area contributed by atoms with E-state index in [0.717, 1.165) is 32.1 Å². The van der Waals surface area contributed by atoms with Crippen LogP contribution in [0.5, 0.6) is 0 Å². The van der Waals surface area contributed by atoms with Crippen molar-refractivity contribution in [3.63, 3.8) is 0 Å². The van der Waals surface area contributed by atoms with Gasteiger partial charge >= 0.3 is 5.97 Å². The number of carbonyl (C=O) groups is 3. The normalized spacial score (nSPS) is 44.8. The van der Waals surface area contributed by atoms with Crippen LogP contribution in [0, 0.1) is 28.6 Å². The predicted molar refractivity (Wildman–Crippen MR) is 114 cm³/mol. The van der Waals surface area contributed by atoms with E-state index in [4.69, 9.17) is 14.5 Å². The third-order valence-corrected chi connectivity index (χ3v) is 9.23. The van der Waals surface area contributed by atoms with E-state index in [1.807, 2.05) is 13.0 Å². The van der Waals surface area contributed by atoms with Crippen molar-refractivity contribution in [3.05, 3.63) is 23.8 Å². The number of ketones is 2. The van der Waals surface area contributed by atoms with Gasteiger partial charge in [0, 0.05) is 24.7 Å². The molecule has 166 valence electrons. The maximum Gasteiger partial charge on any atom is 0.303 e. The molecule has 1 heterocycles. The van der Waals surface area contributed by atoms with Crippen molar-refractivity contribution in [3.8, 4) is 0 Å². The first kappa shape index (κ1) is 20.7. The van der Waals surface area contributed by atoms with Gasteiger partial charge in [0.25, 0.3) is 0 Å². The van der Waals surface area contributed by atoms with Gasteiger partial charge in [0.15, 0.2) is 23.8 Å². The summed E-state index contributed by atoms with van der Waals surface area (Å²) in [4.78, 5) is 41.7. The van der Waals surface area contributed by atoms with Crippen molar-refractivity contribution in [1.29, 1.82) is 0 Å². The smallest absolute Gasteiger partial charge is 0.303 e. The average Bonchev–Trinajstić information content (AvgIpc) is 3.17. The number of nitrogens with zero attached hydrogens (tertiary/aromatic N) is 1. The molecule has 3 fully saturated rings. The molecule has 0 radical (unpaired) electrons. The molecule has 0 N–H and O–H groups in total. The number of hydrogen-bond acceptors (Lipinski definition) is 6. The Hall–Kier alpha value is -2.24. The summed E-state index contributed by atoms with van der Waals surface area (Å²) in [6.45, 7) is 7.36. The van der Waals surface area contributed by atoms with Crippen molar-refractivity contribution in [2.45, 2.75) is 71.4 Å². The van der Waals surface area contributed by atoms with Crippen LogP contribution in [0.4, 0.5) is 0 Å². The molecule has 0 aromatic rings. The van der Waals surface area contributed by atoms with Gasteiger partial charge in [-0.25, -0.2) is 4.99 Å². The Balaban J connectivity index is 1.52. The highest BCUT2D eigenvalue weighted by Crippen LogP contribution is 2.69. The first-order valence-corrected chi connectivity index (χ1v) is 11.5. The van der Waals surface area contributed by atoms with Crippen LogP contribution in [0.3, 0.4) is 0 Å². The number of rotatable bonds is 3. The number of ether oxygens (including phenoxy) is 2. The van der Waals surface area contributed by atoms with E-state index in [0.29, 0.717) is 23.7 Å². The highest BCUT2D eigenvalue weighted by Gasteiger charge is 2.73. The molecule has 6 nitrogen and oxygen atoms in total. The van der Waals surface area contributed by atoms with E-state index < -0.39 is 11.5 Å². The number of aliphatic imine (C=N–C) groups is 1. The molecular formula is C25H31NO5. The van der Waals surface area contributed by atoms with Crippen molar-refractivity contribution >= 4 is 23.4 Å². The molecule has 3 saturated carbocycles. The molecular weight excluding hydrogens is 394 g/mol. The molecule has 0 aromatic carbocycles. The van der Waals surface area contributed by atoms with Crippen LogP contribution >= 0.6 is 0 Å². The van der Waals surface area contributed by atoms with Crippen LogP contribution in [0.1, 0.15) is 59.8 Å². The van der Waals surface area contributed by atoms with Gasteiger partial charge < -0.3 is 9.47 Å². The number of fused-ring (bicyclic) bond motifs is 7. The van der Waals surface area contributed by atoms with E-state index in [9.17, 15) is 14.4 Å². The summed E-state index contributed by atoms with van der Waals surface area (Å²) < 4.78 is 11.2. The van der Waals surface area contributed by atoms with Gasteiger partial charge in [-0.3, -0.25) is 14.4 Å². The summed E-state index contributed by atoms with van der Waals surface area (Å²) in [5.74, 6) is 1.24. The fourth-order valence-corrected chi connectivity index (χ4v) is 7.85. The molecule has 0 saturated heterocycles. The Morgan fingerprint density at radius 2 is 2.03 bits per heavy atom. The Bertz CT molecular complexity index is 963. The largest absolute Gasteiger partial charge is 0.475 e. The van der Waals surface area contributed by atoms with E-state index in [1.54, 1.807) is 6.08 Å². The molecule has 6 heteroatoms. The maximum atomic E-state index is 13.5. The summed E-state index contributed by atoms with van der Waals surface area (Å²) in [6, 6.07) is 0. The lowest BCUT2D eigenvalue weighted by atomic mass is 9.46. The van der Waals surface area contributed by atoms with Gasteiger partial charge in [-0.05, 0) is 62.0 Å². The molecule has 5 aliphatic rings. The van der Waals surface area contributed by atoms with Gasteiger partial charge in [0.1, 0.15) is 6.10 Å². The second-order valence-corrected chi connectivity index (χ2v) is 10.5. The van der Waals surface area contributed by atoms with Crippen LogP contribution < -0.4 is 0 Å². The fourth-order valence-electron chi connectivity index (χ4n) is 7.85. The number of allylic oxidation sites excluding steroid dienone is 4. The average molecular weight is 426 g/mol. The summed E-state index contributed by atoms with van der Waals surface area (Å²) in [7, 11) is 0. The lowest BCUT2D eigenvalue weighted by molar-refractivity contribution is -0.151. The monoisotopic (exact) mass is 425 g/mol. The molecule has 7 atom stereocenters. The minimum Gasteiger partial charge on any atom is -0.475 e. The first-order chi connectivity index (χ1) is 14.6. The molecule has 1 aliphatic heterocycles. The quantitative estimate of drug-likeness (QED) is 0.646. The molecule has 5 rings (SSSR count). The molecule has 4 aliphatic carbocycles. The zero-order chi connectivity index (χ0) is 22.2. The standard InChI is InChI=1S/C25H31NO5/c1-14-26-25(21(29)13-30-15(2)27)22(31-14)12-20-18-6-5-16-11-17(28)7-9-23(16,3)19(18)8-10-24(20,25)4/h7,9,11,18-20,22H,5-6,8,10,12-13H2,1-4H3/t18-,19+,20+,22-,23+,24+,25-/m1/s1. The Labute approximate surface area is 183 Å². The SMILES string of the molecule is CC(=O)OCC(=O)[C@@]12N=C(C)O[C@@H]1C[C@H]1[C@@H]3CCC4=CC(=O)C=C[C@]4(C)[C@H]3CC[C@@]12C. The van der Waals surface area contributed by atoms with E-state index in [2.05, 4.69) is 19.9 Å². The Morgan fingerprint density at radius 3 is 2.77 bits per heavy atom. The lowest BCUT2D eigenvalue weighted by Gasteiger charge is -2.57. The summed E-state index contributed by atoms with van der Waals surface area (Å²) in [6.07, 6.45) is 9.98. The summed E-state index contributed by atoms with van der Waals surface area (Å²) in [5, 5.41) is 0. The zero-order valence-electron chi connectivity index (χ0n) is 18.8. The van der Waals surface area contributed by atoms with Crippen LogP contribution in [0.2, 0.25) is 0 Å². The minimum absolute atomic E-state index is 0.0924. The minimum atomic E-state index is -0.975. The van der Waals surface area contributed by atoms with Gasteiger partial charge in [-0.2, -0.15) is 0 Å². The van der Waals surface area contributed by atoms with Crippen LogP contribution in [-0.4, -0.2) is 41.7 Å². The first-order valence-electron chi connectivity index (χ1n) is 11.5. The highest BCUT2D eigenvalue weighted by molar-refractivity contribution is 6.01. The van der Waals surface area contributed by atoms with Gasteiger partial charge in [-0.15, -0.1) is 0 Å². The number of hydrogen-bond donors (Lipinski definition) is 0. The van der Waals surface area contributed by atoms with E-state index in [-0.39, 0.29) is 35.1 Å². The topological polar surface area (TPSA) is 82.0 Å². The van der Waals surface area contributed by atoms with Gasteiger partial charge in [0.2, 0.25) is 5.78 Å². The molecule has 0 aromatic heterocycles. The number of Topliss-reactive ketones (excluding diaryl/α,β-unsaturated/α-hetero) is 1. The molecule has 0 spiro atoms. The predicted octanol–water partition coefficient (Wildman–Crippen LogP) is 3.59. The second-order valence-electron chi connectivity index (χ2n) is 10.5. The maximum absolute atomic E-state index is 13.5. The second kappa shape index (κ2) is 6.63. The van der Waals surface area contributed by atoms with E-state index >= 15 is 0 Å².